The van der Waals surface area contributed by atoms with Crippen LogP contribution in [0.15, 0.2) is 0 Å². The first-order valence-electron chi connectivity index (χ1n) is 4.96. The smallest absolute Gasteiger partial charge is 0.544 e. The van der Waals surface area contributed by atoms with Crippen LogP contribution in [0.1, 0.15) is 0 Å². The summed E-state index contributed by atoms with van der Waals surface area (Å²) in [5.41, 5.74) is 0. The molecule has 0 heterocycles. The molecule has 0 aliphatic carbocycles. The van der Waals surface area contributed by atoms with E-state index in [4.69, 9.17) is 0 Å². The van der Waals surface area contributed by atoms with Crippen LogP contribution in [0.25, 0.3) is 0 Å². The second-order valence-electron chi connectivity index (χ2n) is 3.87. The normalized spacial score (nSPS) is 13.9. The Morgan fingerprint density at radius 3 is 0.667 bits per heavy atom. The van der Waals surface area contributed by atoms with Crippen molar-refractivity contribution in [2.75, 3.05) is 0 Å². The van der Waals surface area contributed by atoms with Crippen molar-refractivity contribution in [3.63, 3.8) is 0 Å². The Hall–Kier alpha value is -1.27. The van der Waals surface area contributed by atoms with Gasteiger partial charge in [0.1, 0.15) is 11.9 Å². The van der Waals surface area contributed by atoms with E-state index >= 15 is 0 Å². The second-order valence-corrected chi connectivity index (χ2v) is 3.87. The molecular weight excluding hydrogens is 450 g/mol. The molecule has 0 aliphatic rings. The first-order valence-corrected chi connectivity index (χ1v) is 4.96. The van der Waals surface area contributed by atoms with Crippen LogP contribution in [-0.2, 0) is 9.59 Å². The van der Waals surface area contributed by atoms with Crippen LogP contribution in [0.2, 0.25) is 0 Å². The van der Waals surface area contributed by atoms with Gasteiger partial charge in [0.05, 0.1) is 0 Å². The first-order chi connectivity index (χ1) is 10.9. The predicted octanol–water partition coefficient (Wildman–Crippen LogP) is 0.758. The Labute approximate surface area is 153 Å². The van der Waals surface area contributed by atoms with Crippen molar-refractivity contribution in [2.45, 2.75) is 36.0 Å². The third kappa shape index (κ3) is 5.85. The molecule has 0 N–H and O–H groups in total. The zero-order chi connectivity index (χ0) is 22.2. The van der Waals surface area contributed by atoms with Crippen molar-refractivity contribution in [2.24, 2.45) is 0 Å². The summed E-state index contributed by atoms with van der Waals surface area (Å²) in [7, 11) is 0. The summed E-state index contributed by atoms with van der Waals surface area (Å²) < 4.78 is 160. The van der Waals surface area contributed by atoms with Gasteiger partial charge in [-0.15, -0.1) is 0 Å². The number of halogens is 14. The quantitative estimate of drug-likeness (QED) is 0.468. The average Bonchev–Trinajstić information content (AvgIpc) is 2.35. The van der Waals surface area contributed by atoms with Crippen LogP contribution in [0, 0.1) is 0 Å². The molecule has 27 heavy (non-hydrogen) atoms. The average molecular weight is 450 g/mol. The van der Waals surface area contributed by atoms with Crippen molar-refractivity contribution >= 4 is 35.0 Å². The summed E-state index contributed by atoms with van der Waals surface area (Å²) in [4.78, 5) is 18.5. The largest absolute Gasteiger partial charge is 2.00 e. The zero-order valence-corrected chi connectivity index (χ0v) is 13.0. The van der Waals surface area contributed by atoms with Crippen molar-refractivity contribution in [1.82, 2.24) is 0 Å². The summed E-state index contributed by atoms with van der Waals surface area (Å²) in [6.07, 6.45) is -13.3. The first kappa shape index (κ1) is 30.5. The summed E-state index contributed by atoms with van der Waals surface area (Å²) in [6, 6.07) is 0. The summed E-state index contributed by atoms with van der Waals surface area (Å²) in [6.45, 7) is 0. The van der Waals surface area contributed by atoms with Gasteiger partial charge in [0.15, 0.2) is 0 Å². The van der Waals surface area contributed by atoms with Crippen molar-refractivity contribution in [1.29, 1.82) is 0 Å². The van der Waals surface area contributed by atoms with Crippen LogP contribution in [0.5, 0.6) is 0 Å². The topological polar surface area (TPSA) is 80.3 Å². The van der Waals surface area contributed by atoms with Gasteiger partial charge in [-0.25, -0.2) is 0 Å². The van der Waals surface area contributed by atoms with Crippen LogP contribution < -0.4 is 10.2 Å². The maximum Gasteiger partial charge on any atom is 2.00 e. The maximum absolute atomic E-state index is 11.7. The Morgan fingerprint density at radius 1 is 0.481 bits per heavy atom. The summed E-state index contributed by atoms with van der Waals surface area (Å²) >= 11 is 0. The number of carboxylic acid groups (broad SMARTS) is 2. The molecular formula is C8F14MgO4. The van der Waals surface area contributed by atoms with E-state index in [1.165, 1.54) is 0 Å². The van der Waals surface area contributed by atoms with Crippen molar-refractivity contribution in [3.8, 4) is 0 Å². The van der Waals surface area contributed by atoms with Gasteiger partial charge in [0.2, 0.25) is 0 Å². The number of carbonyl (C=O) groups excluding carboxylic acids is 2. The predicted molar refractivity (Wildman–Crippen MR) is 47.7 cm³/mol. The van der Waals surface area contributed by atoms with E-state index in [1.54, 1.807) is 0 Å². The third-order valence-electron chi connectivity index (χ3n) is 2.01. The van der Waals surface area contributed by atoms with E-state index < -0.39 is 48.0 Å². The maximum atomic E-state index is 11.7. The molecule has 4 nitrogen and oxygen atoms in total. The molecule has 0 atom stereocenters. The molecule has 0 aromatic carbocycles. The van der Waals surface area contributed by atoms with Crippen molar-refractivity contribution in [3.05, 3.63) is 0 Å². The number of carbonyl (C=O) groups is 2. The SMILES string of the molecule is O=C([O-])C(F)(F)C(F)(F)C(F)(F)F.O=C([O-])C(F)(F)C(F)(F)C(F)(F)F.[Mg+2]. The Morgan fingerprint density at radius 2 is 0.630 bits per heavy atom. The number of carboxylic acids is 2. The standard InChI is InChI=1S/2C4HF7O2.Mg/c2*5-2(6,1(12)13)3(7,8)4(9,10)11;/h2*(H,12,13);/q;;+2/p-2. The molecule has 0 aliphatic heterocycles. The molecule has 0 saturated heterocycles. The van der Waals surface area contributed by atoms with Crippen LogP contribution in [-0.4, -0.2) is 71.0 Å². The van der Waals surface area contributed by atoms with Gasteiger partial charge in [-0.05, 0) is 0 Å². The minimum atomic E-state index is -6.64. The second kappa shape index (κ2) is 8.39. The van der Waals surface area contributed by atoms with Gasteiger partial charge >= 0.3 is 59.1 Å². The number of hydrogen-bond donors (Lipinski definition) is 0. The summed E-state index contributed by atoms with van der Waals surface area (Å²) in [5, 5.41) is 18.5. The van der Waals surface area contributed by atoms with Gasteiger partial charge in [-0.2, -0.15) is 61.5 Å². The zero-order valence-electron chi connectivity index (χ0n) is 11.6. The van der Waals surface area contributed by atoms with Gasteiger partial charge in [-0.3, -0.25) is 0 Å². The third-order valence-corrected chi connectivity index (χ3v) is 2.01. The molecule has 0 amide bonds. The molecule has 156 valence electrons. The molecule has 0 radical (unpaired) electrons. The Balaban J connectivity index is -0.000000411. The monoisotopic (exact) mass is 450 g/mol. The van der Waals surface area contributed by atoms with E-state index in [0.717, 1.165) is 0 Å². The molecule has 0 fully saturated rings. The fraction of sp³-hybridized carbons (Fsp3) is 0.750. The van der Waals surface area contributed by atoms with Gasteiger partial charge in [-0.1, -0.05) is 0 Å². The van der Waals surface area contributed by atoms with Crippen molar-refractivity contribution < 1.29 is 81.3 Å². The fourth-order valence-corrected chi connectivity index (χ4v) is 0.612. The molecule has 0 bridgehead atoms. The molecule has 19 heteroatoms. The number of aliphatic carboxylic acids is 2. The molecule has 0 saturated carbocycles. The Kier molecular flexibility index (Phi) is 9.47. The van der Waals surface area contributed by atoms with E-state index in [-0.39, 0.29) is 23.1 Å². The summed E-state index contributed by atoms with van der Waals surface area (Å²) in [5.74, 6) is -33.4. The van der Waals surface area contributed by atoms with E-state index in [9.17, 15) is 81.3 Å². The van der Waals surface area contributed by atoms with Crippen LogP contribution in [0.3, 0.4) is 0 Å². The molecule has 0 spiro atoms. The Bertz CT molecular complexity index is 488. The molecule has 0 unspecified atom stereocenters. The van der Waals surface area contributed by atoms with Gasteiger partial charge in [0, 0.05) is 0 Å². The van der Waals surface area contributed by atoms with E-state index in [2.05, 4.69) is 0 Å². The van der Waals surface area contributed by atoms with E-state index in [1.807, 2.05) is 0 Å². The fourth-order valence-electron chi connectivity index (χ4n) is 0.612. The number of hydrogen-bond acceptors (Lipinski definition) is 4. The number of alkyl halides is 14. The minimum Gasteiger partial charge on any atom is -0.544 e. The molecule has 0 aromatic rings. The van der Waals surface area contributed by atoms with Crippen LogP contribution >= 0.6 is 0 Å². The van der Waals surface area contributed by atoms with Gasteiger partial charge in [0.25, 0.3) is 0 Å². The molecule has 0 rings (SSSR count). The molecule has 0 aromatic heterocycles. The minimum absolute atomic E-state index is 0. The number of rotatable bonds is 4. The van der Waals surface area contributed by atoms with Crippen LogP contribution in [0.4, 0.5) is 61.5 Å². The van der Waals surface area contributed by atoms with E-state index in [0.29, 0.717) is 0 Å². The van der Waals surface area contributed by atoms with Gasteiger partial charge < -0.3 is 19.8 Å².